The van der Waals surface area contributed by atoms with Crippen LogP contribution >= 0.6 is 23.6 Å². The SMILES string of the molecule is COc1ccc(C(N)=S)c(OCCc2scnc2C)c1. The van der Waals surface area contributed by atoms with E-state index in [9.17, 15) is 0 Å². The molecule has 106 valence electrons. The number of rotatable bonds is 6. The molecule has 0 aliphatic heterocycles. The van der Waals surface area contributed by atoms with Gasteiger partial charge in [0.15, 0.2) is 0 Å². The van der Waals surface area contributed by atoms with Crippen LogP contribution in [0.2, 0.25) is 0 Å². The minimum Gasteiger partial charge on any atom is -0.497 e. The van der Waals surface area contributed by atoms with E-state index in [1.807, 2.05) is 24.6 Å². The molecule has 20 heavy (non-hydrogen) atoms. The Morgan fingerprint density at radius 1 is 1.45 bits per heavy atom. The van der Waals surface area contributed by atoms with Crippen LogP contribution in [0, 0.1) is 6.92 Å². The third kappa shape index (κ3) is 3.46. The molecule has 0 unspecified atom stereocenters. The first-order valence-corrected chi connectivity index (χ1v) is 7.40. The average Bonchev–Trinajstić information content (AvgIpc) is 2.84. The van der Waals surface area contributed by atoms with Gasteiger partial charge >= 0.3 is 0 Å². The van der Waals surface area contributed by atoms with E-state index in [1.165, 1.54) is 4.88 Å². The van der Waals surface area contributed by atoms with E-state index in [2.05, 4.69) is 4.98 Å². The summed E-state index contributed by atoms with van der Waals surface area (Å²) in [6.07, 6.45) is 0.810. The van der Waals surface area contributed by atoms with E-state index >= 15 is 0 Å². The predicted molar refractivity (Wildman–Crippen MR) is 84.9 cm³/mol. The highest BCUT2D eigenvalue weighted by Gasteiger charge is 2.09. The Morgan fingerprint density at radius 2 is 2.25 bits per heavy atom. The number of nitrogens with zero attached hydrogens (tertiary/aromatic N) is 1. The van der Waals surface area contributed by atoms with Crippen molar-refractivity contribution in [3.8, 4) is 11.5 Å². The first-order chi connectivity index (χ1) is 9.61. The van der Waals surface area contributed by atoms with Crippen molar-refractivity contribution in [3.63, 3.8) is 0 Å². The predicted octanol–water partition coefficient (Wildman–Crippen LogP) is 2.72. The third-order valence-electron chi connectivity index (χ3n) is 2.89. The Balaban J connectivity index is 2.07. The second-order valence-corrected chi connectivity index (χ2v) is 5.56. The molecule has 6 heteroatoms. The van der Waals surface area contributed by atoms with Gasteiger partial charge in [0.25, 0.3) is 0 Å². The quantitative estimate of drug-likeness (QED) is 0.832. The van der Waals surface area contributed by atoms with Crippen LogP contribution in [0.1, 0.15) is 16.1 Å². The molecule has 1 heterocycles. The van der Waals surface area contributed by atoms with Crippen molar-refractivity contribution < 1.29 is 9.47 Å². The largest absolute Gasteiger partial charge is 0.497 e. The standard InChI is InChI=1S/C14H16N2O2S2/c1-9-13(20-8-16-9)5-6-18-12-7-10(17-2)3-4-11(12)14(15)19/h3-4,7-8H,5-6H2,1-2H3,(H2,15,19). The number of hydrogen-bond acceptors (Lipinski definition) is 5. The molecule has 2 aromatic rings. The summed E-state index contributed by atoms with van der Waals surface area (Å²) < 4.78 is 11.0. The molecule has 0 bridgehead atoms. The van der Waals surface area contributed by atoms with Gasteiger partial charge in [-0.1, -0.05) is 12.2 Å². The van der Waals surface area contributed by atoms with Crippen molar-refractivity contribution in [1.29, 1.82) is 0 Å². The fourth-order valence-electron chi connectivity index (χ4n) is 1.77. The summed E-state index contributed by atoms with van der Waals surface area (Å²) in [4.78, 5) is 5.76. The summed E-state index contributed by atoms with van der Waals surface area (Å²) >= 11 is 6.67. The van der Waals surface area contributed by atoms with Gasteiger partial charge < -0.3 is 15.2 Å². The maximum absolute atomic E-state index is 5.80. The van der Waals surface area contributed by atoms with Gasteiger partial charge in [0.1, 0.15) is 16.5 Å². The van der Waals surface area contributed by atoms with E-state index in [4.69, 9.17) is 27.4 Å². The second-order valence-electron chi connectivity index (χ2n) is 4.19. The van der Waals surface area contributed by atoms with Gasteiger partial charge in [-0.05, 0) is 19.1 Å². The maximum atomic E-state index is 5.80. The lowest BCUT2D eigenvalue weighted by atomic mass is 10.2. The molecule has 0 aliphatic rings. The molecule has 0 amide bonds. The molecule has 2 rings (SSSR count). The van der Waals surface area contributed by atoms with Crippen LogP contribution < -0.4 is 15.2 Å². The number of thiocarbonyl (C=S) groups is 1. The number of aromatic nitrogens is 1. The van der Waals surface area contributed by atoms with Gasteiger partial charge in [0, 0.05) is 17.4 Å². The topological polar surface area (TPSA) is 57.4 Å². The number of methoxy groups -OCH3 is 1. The molecule has 0 saturated carbocycles. The molecule has 1 aromatic heterocycles. The molecule has 0 aliphatic carbocycles. The number of aryl methyl sites for hydroxylation is 1. The Kier molecular flexibility index (Phi) is 4.92. The summed E-state index contributed by atoms with van der Waals surface area (Å²) in [6.45, 7) is 2.55. The van der Waals surface area contributed by atoms with Crippen molar-refractivity contribution in [2.24, 2.45) is 5.73 Å². The van der Waals surface area contributed by atoms with Crippen LogP contribution in [0.4, 0.5) is 0 Å². The van der Waals surface area contributed by atoms with Crippen LogP contribution in [0.3, 0.4) is 0 Å². The van der Waals surface area contributed by atoms with Crippen molar-refractivity contribution in [2.45, 2.75) is 13.3 Å². The molecular formula is C14H16N2O2S2. The van der Waals surface area contributed by atoms with Crippen LogP contribution in [-0.4, -0.2) is 23.7 Å². The first kappa shape index (κ1) is 14.7. The molecule has 0 atom stereocenters. The van der Waals surface area contributed by atoms with Gasteiger partial charge in [-0.25, -0.2) is 4.98 Å². The summed E-state index contributed by atoms with van der Waals surface area (Å²) in [5.74, 6) is 1.37. The lowest BCUT2D eigenvalue weighted by Crippen LogP contribution is -2.12. The lowest BCUT2D eigenvalue weighted by molar-refractivity contribution is 0.319. The number of nitrogens with two attached hydrogens (primary N) is 1. The number of thiazole rings is 1. The first-order valence-electron chi connectivity index (χ1n) is 6.11. The third-order valence-corrected chi connectivity index (χ3v) is 4.10. The van der Waals surface area contributed by atoms with Gasteiger partial charge in [-0.15, -0.1) is 11.3 Å². The van der Waals surface area contributed by atoms with Crippen molar-refractivity contribution in [1.82, 2.24) is 4.98 Å². The van der Waals surface area contributed by atoms with Gasteiger partial charge in [0.05, 0.1) is 30.5 Å². The van der Waals surface area contributed by atoms with Gasteiger partial charge in [-0.2, -0.15) is 0 Å². The monoisotopic (exact) mass is 308 g/mol. The van der Waals surface area contributed by atoms with E-state index < -0.39 is 0 Å². The fourth-order valence-corrected chi connectivity index (χ4v) is 2.70. The lowest BCUT2D eigenvalue weighted by Gasteiger charge is -2.12. The smallest absolute Gasteiger partial charge is 0.133 e. The normalized spacial score (nSPS) is 10.3. The average molecular weight is 308 g/mol. The molecule has 0 spiro atoms. The maximum Gasteiger partial charge on any atom is 0.133 e. The second kappa shape index (κ2) is 6.67. The Morgan fingerprint density at radius 3 is 2.85 bits per heavy atom. The fraction of sp³-hybridized carbons (Fsp3) is 0.286. The summed E-state index contributed by atoms with van der Waals surface area (Å²) in [5, 5.41) is 0. The van der Waals surface area contributed by atoms with Crippen LogP contribution in [0.15, 0.2) is 23.7 Å². The molecule has 0 fully saturated rings. The zero-order valence-electron chi connectivity index (χ0n) is 11.4. The van der Waals surface area contributed by atoms with Crippen molar-refractivity contribution in [2.75, 3.05) is 13.7 Å². The highest BCUT2D eigenvalue weighted by atomic mass is 32.1. The zero-order chi connectivity index (χ0) is 14.5. The minimum absolute atomic E-state index is 0.316. The Hall–Kier alpha value is -1.66. The molecule has 0 saturated heterocycles. The summed E-state index contributed by atoms with van der Waals surface area (Å²) in [6, 6.07) is 5.43. The van der Waals surface area contributed by atoms with Crippen LogP contribution in [-0.2, 0) is 6.42 Å². The highest BCUT2D eigenvalue weighted by molar-refractivity contribution is 7.80. The number of hydrogen-bond donors (Lipinski definition) is 1. The molecule has 1 aromatic carbocycles. The Labute approximate surface area is 127 Å². The van der Waals surface area contributed by atoms with E-state index in [0.29, 0.717) is 23.1 Å². The van der Waals surface area contributed by atoms with Crippen LogP contribution in [0.25, 0.3) is 0 Å². The number of ether oxygens (including phenoxy) is 2. The van der Waals surface area contributed by atoms with E-state index in [-0.39, 0.29) is 0 Å². The van der Waals surface area contributed by atoms with Crippen molar-refractivity contribution in [3.05, 3.63) is 39.8 Å². The summed E-state index contributed by atoms with van der Waals surface area (Å²) in [5.41, 5.74) is 9.32. The van der Waals surface area contributed by atoms with E-state index in [1.54, 1.807) is 24.5 Å². The van der Waals surface area contributed by atoms with Gasteiger partial charge in [0.2, 0.25) is 0 Å². The Bertz CT molecular complexity index is 611. The number of benzene rings is 1. The van der Waals surface area contributed by atoms with Crippen molar-refractivity contribution >= 4 is 28.5 Å². The molecule has 4 nitrogen and oxygen atoms in total. The summed E-state index contributed by atoms with van der Waals surface area (Å²) in [7, 11) is 1.61. The highest BCUT2D eigenvalue weighted by Crippen LogP contribution is 2.25. The van der Waals surface area contributed by atoms with Gasteiger partial charge in [-0.3, -0.25) is 0 Å². The molecular weight excluding hydrogens is 292 g/mol. The van der Waals surface area contributed by atoms with E-state index in [0.717, 1.165) is 17.7 Å². The molecule has 0 radical (unpaired) electrons. The molecule has 2 N–H and O–H groups in total. The minimum atomic E-state index is 0.316. The zero-order valence-corrected chi connectivity index (χ0v) is 13.0. The van der Waals surface area contributed by atoms with Crippen LogP contribution in [0.5, 0.6) is 11.5 Å².